The summed E-state index contributed by atoms with van der Waals surface area (Å²) >= 11 is 0. The molecule has 0 saturated carbocycles. The summed E-state index contributed by atoms with van der Waals surface area (Å²) in [6.45, 7) is -0.187. The van der Waals surface area contributed by atoms with Crippen LogP contribution >= 0.6 is 0 Å². The number of methoxy groups -OCH3 is 1. The summed E-state index contributed by atoms with van der Waals surface area (Å²) in [6.07, 6.45) is 0. The molecule has 0 aliphatic carbocycles. The van der Waals surface area contributed by atoms with Crippen LogP contribution in [0.3, 0.4) is 0 Å². The minimum Gasteiger partial charge on any atom is -0.495 e. The van der Waals surface area contributed by atoms with E-state index in [9.17, 15) is 30.4 Å². The van der Waals surface area contributed by atoms with Crippen LogP contribution < -0.4 is 14.8 Å². The smallest absolute Gasteiger partial charge is 0.267 e. The van der Waals surface area contributed by atoms with E-state index in [1.54, 1.807) is 4.72 Å². The van der Waals surface area contributed by atoms with E-state index in [2.05, 4.69) is 5.32 Å². The van der Waals surface area contributed by atoms with Crippen LogP contribution in [0, 0.1) is 29.1 Å². The molecule has 2 aromatic carbocycles. The third-order valence-electron chi connectivity index (χ3n) is 3.32. The van der Waals surface area contributed by atoms with E-state index in [1.807, 2.05) is 0 Å². The van der Waals surface area contributed by atoms with E-state index in [0.717, 1.165) is 12.1 Å². The first-order valence-electron chi connectivity index (χ1n) is 7.21. The number of nitrogens with one attached hydrogen (secondary N) is 2. The first-order valence-corrected chi connectivity index (χ1v) is 8.69. The number of hydrogen-bond donors (Lipinski definition) is 3. The lowest BCUT2D eigenvalue weighted by Crippen LogP contribution is -2.19. The highest BCUT2D eigenvalue weighted by Gasteiger charge is 2.33. The molecule has 27 heavy (non-hydrogen) atoms. The van der Waals surface area contributed by atoms with Crippen LogP contribution in [0.25, 0.3) is 0 Å². The molecule has 0 bridgehead atoms. The fraction of sp³-hybridized carbons (Fsp3) is 0.200. The summed E-state index contributed by atoms with van der Waals surface area (Å²) in [6, 6.07) is 3.58. The van der Waals surface area contributed by atoms with E-state index < -0.39 is 44.0 Å². The Morgan fingerprint density at radius 3 is 2.07 bits per heavy atom. The molecule has 6 nitrogen and oxygen atoms in total. The quantitative estimate of drug-likeness (QED) is 0.370. The van der Waals surface area contributed by atoms with Crippen molar-refractivity contribution in [2.24, 2.45) is 0 Å². The van der Waals surface area contributed by atoms with Gasteiger partial charge >= 0.3 is 0 Å². The molecular weight excluding hydrogens is 399 g/mol. The summed E-state index contributed by atoms with van der Waals surface area (Å²) in [5.41, 5.74) is -0.0376. The zero-order chi connectivity index (χ0) is 20.4. The first kappa shape index (κ1) is 20.7. The number of halogens is 5. The normalized spacial score (nSPS) is 11.4. The molecule has 148 valence electrons. The molecule has 2 rings (SSSR count). The number of ether oxygens (including phenoxy) is 1. The van der Waals surface area contributed by atoms with Crippen LogP contribution in [-0.2, 0) is 10.0 Å². The van der Waals surface area contributed by atoms with Crippen molar-refractivity contribution in [3.63, 3.8) is 0 Å². The zero-order valence-electron chi connectivity index (χ0n) is 13.6. The van der Waals surface area contributed by atoms with Gasteiger partial charge in [0.2, 0.25) is 5.82 Å². The first-order chi connectivity index (χ1) is 12.6. The number of benzene rings is 2. The fourth-order valence-electron chi connectivity index (χ4n) is 2.13. The van der Waals surface area contributed by atoms with Gasteiger partial charge in [-0.1, -0.05) is 0 Å². The van der Waals surface area contributed by atoms with Crippen LogP contribution in [-0.4, -0.2) is 33.8 Å². The van der Waals surface area contributed by atoms with E-state index in [4.69, 9.17) is 9.84 Å². The van der Waals surface area contributed by atoms with Gasteiger partial charge < -0.3 is 15.2 Å². The Labute approximate surface area is 150 Å². The van der Waals surface area contributed by atoms with Crippen LogP contribution in [0.2, 0.25) is 0 Å². The number of hydrogen-bond acceptors (Lipinski definition) is 5. The number of sulfonamides is 1. The average molecular weight is 412 g/mol. The maximum atomic E-state index is 13.8. The molecule has 2 aromatic rings. The number of rotatable bonds is 7. The second-order valence-corrected chi connectivity index (χ2v) is 6.69. The molecule has 0 saturated heterocycles. The highest BCUT2D eigenvalue weighted by atomic mass is 32.2. The van der Waals surface area contributed by atoms with E-state index >= 15 is 0 Å². The van der Waals surface area contributed by atoms with Gasteiger partial charge in [-0.05, 0) is 18.2 Å². The van der Waals surface area contributed by atoms with Gasteiger partial charge in [0.05, 0.1) is 25.1 Å². The summed E-state index contributed by atoms with van der Waals surface area (Å²) < 4.78 is 98.3. The number of aliphatic hydroxyl groups excluding tert-OH is 1. The van der Waals surface area contributed by atoms with Gasteiger partial charge in [0.15, 0.2) is 28.2 Å². The maximum absolute atomic E-state index is 13.8. The lowest BCUT2D eigenvalue weighted by molar-refractivity contribution is 0.311. The van der Waals surface area contributed by atoms with Crippen molar-refractivity contribution in [3.8, 4) is 5.75 Å². The van der Waals surface area contributed by atoms with Gasteiger partial charge in [0.1, 0.15) is 5.75 Å². The van der Waals surface area contributed by atoms with Crippen molar-refractivity contribution in [3.05, 3.63) is 47.3 Å². The Kier molecular flexibility index (Phi) is 6.11. The molecule has 0 aliphatic rings. The Morgan fingerprint density at radius 1 is 1.00 bits per heavy atom. The van der Waals surface area contributed by atoms with Crippen molar-refractivity contribution in [2.75, 3.05) is 30.3 Å². The van der Waals surface area contributed by atoms with Crippen molar-refractivity contribution in [1.82, 2.24) is 0 Å². The monoisotopic (exact) mass is 412 g/mol. The lowest BCUT2D eigenvalue weighted by atomic mass is 10.2. The predicted molar refractivity (Wildman–Crippen MR) is 85.6 cm³/mol. The molecule has 0 aliphatic heterocycles. The molecule has 12 heteroatoms. The second kappa shape index (κ2) is 7.96. The molecule has 0 atom stereocenters. The maximum Gasteiger partial charge on any atom is 0.267 e. The van der Waals surface area contributed by atoms with Gasteiger partial charge in [-0.25, -0.2) is 30.4 Å². The molecule has 3 N–H and O–H groups in total. The molecular formula is C15H13F5N2O4S. The lowest BCUT2D eigenvalue weighted by Gasteiger charge is -2.14. The molecule has 0 spiro atoms. The van der Waals surface area contributed by atoms with Crippen LogP contribution in [0.4, 0.5) is 33.3 Å². The predicted octanol–water partition coefficient (Wildman–Crippen LogP) is 2.60. The minimum absolute atomic E-state index is 0.0736. The van der Waals surface area contributed by atoms with Crippen LogP contribution in [0.15, 0.2) is 23.1 Å². The van der Waals surface area contributed by atoms with Crippen LogP contribution in [0.5, 0.6) is 5.75 Å². The Balaban J connectivity index is 2.49. The molecule has 0 aromatic heterocycles. The van der Waals surface area contributed by atoms with E-state index in [1.165, 1.54) is 13.2 Å². The zero-order valence-corrected chi connectivity index (χ0v) is 14.4. The average Bonchev–Trinajstić information content (AvgIpc) is 2.62. The second-order valence-electron chi connectivity index (χ2n) is 5.07. The Hall–Kier alpha value is -2.60. The third kappa shape index (κ3) is 4.06. The van der Waals surface area contributed by atoms with Gasteiger partial charge in [-0.15, -0.1) is 0 Å². The summed E-state index contributed by atoms with van der Waals surface area (Å²) in [5, 5.41) is 11.5. The summed E-state index contributed by atoms with van der Waals surface area (Å²) in [4.78, 5) is -2.00. The molecule has 0 unspecified atom stereocenters. The topological polar surface area (TPSA) is 87.7 Å². The minimum atomic E-state index is -5.16. The fourth-order valence-corrected chi connectivity index (χ4v) is 3.32. The number of aliphatic hydroxyl groups is 1. The Morgan fingerprint density at radius 2 is 1.56 bits per heavy atom. The van der Waals surface area contributed by atoms with Crippen molar-refractivity contribution in [2.45, 2.75) is 4.90 Å². The van der Waals surface area contributed by atoms with E-state index in [-0.39, 0.29) is 30.3 Å². The largest absolute Gasteiger partial charge is 0.495 e. The van der Waals surface area contributed by atoms with Crippen molar-refractivity contribution >= 4 is 21.4 Å². The highest BCUT2D eigenvalue weighted by Crippen LogP contribution is 2.31. The van der Waals surface area contributed by atoms with Crippen LogP contribution in [0.1, 0.15) is 0 Å². The third-order valence-corrected chi connectivity index (χ3v) is 4.72. The van der Waals surface area contributed by atoms with Gasteiger partial charge in [0.25, 0.3) is 10.0 Å². The summed E-state index contributed by atoms with van der Waals surface area (Å²) in [7, 11) is -3.84. The van der Waals surface area contributed by atoms with E-state index in [0.29, 0.717) is 0 Å². The van der Waals surface area contributed by atoms with Gasteiger partial charge in [0, 0.05) is 6.54 Å². The molecule has 0 fully saturated rings. The molecule has 0 radical (unpaired) electrons. The van der Waals surface area contributed by atoms with Gasteiger partial charge in [-0.2, -0.15) is 0 Å². The standard InChI is InChI=1S/C15H13F5N2O4S/c1-26-9-3-2-7(6-8(9)21-4-5-23)22-27(24,25)15-13(19)11(17)10(16)12(18)14(15)20/h2-3,6,21-23H,4-5H2,1H3. The Bertz CT molecular complexity index is 940. The van der Waals surface area contributed by atoms with Crippen molar-refractivity contribution < 1.29 is 40.2 Å². The number of anilines is 2. The molecule has 0 heterocycles. The van der Waals surface area contributed by atoms with Gasteiger partial charge in [-0.3, -0.25) is 4.72 Å². The molecule has 0 amide bonds. The highest BCUT2D eigenvalue weighted by molar-refractivity contribution is 7.92. The van der Waals surface area contributed by atoms with Crippen molar-refractivity contribution in [1.29, 1.82) is 0 Å². The summed E-state index contributed by atoms with van der Waals surface area (Å²) in [5.74, 6) is -11.9. The SMILES string of the molecule is COc1ccc(NS(=O)(=O)c2c(F)c(F)c(F)c(F)c2F)cc1NCCO.